The number of hydrogen-bond acceptors (Lipinski definition) is 7. The van der Waals surface area contributed by atoms with Crippen molar-refractivity contribution in [1.29, 1.82) is 0 Å². The molecule has 0 radical (unpaired) electrons. The molecule has 0 atom stereocenters. The van der Waals surface area contributed by atoms with Crippen LogP contribution in [0.5, 0.6) is 5.75 Å². The Morgan fingerprint density at radius 2 is 2.12 bits per heavy atom. The quantitative estimate of drug-likeness (QED) is 0.353. The molecule has 0 amide bonds. The standard InChI is InChI=1S/C26H25N3O5/c1-15(2)33-26(31)22-23(30)21(12-17-13-28-24-19(17)7-5-10-27-24)34-25(22)29-11-9-18-16(14-29)6-4-8-20(18)32-3/h4-8,10,12-13,15H,9,11,14H2,1-3H3,(H,27,28). The number of hydrogen-bond donors (Lipinski definition) is 1. The third-order valence-corrected chi connectivity index (χ3v) is 5.92. The van der Waals surface area contributed by atoms with Crippen molar-refractivity contribution in [2.75, 3.05) is 13.7 Å². The predicted molar refractivity (Wildman–Crippen MR) is 126 cm³/mol. The average molecular weight is 460 g/mol. The lowest BCUT2D eigenvalue weighted by Crippen LogP contribution is -2.32. The molecule has 5 rings (SSSR count). The number of nitrogens with zero attached hydrogens (tertiary/aromatic N) is 2. The highest BCUT2D eigenvalue weighted by molar-refractivity contribution is 6.26. The van der Waals surface area contributed by atoms with Crippen molar-refractivity contribution in [3.8, 4) is 5.75 Å². The normalized spacial score (nSPS) is 16.9. The Morgan fingerprint density at radius 3 is 2.91 bits per heavy atom. The molecule has 0 saturated heterocycles. The average Bonchev–Trinajstić information content (AvgIpc) is 3.39. The fourth-order valence-electron chi connectivity index (χ4n) is 4.37. The minimum absolute atomic E-state index is 0.0758. The number of benzene rings is 1. The number of ether oxygens (including phenoxy) is 3. The summed E-state index contributed by atoms with van der Waals surface area (Å²) in [4.78, 5) is 35.6. The van der Waals surface area contributed by atoms with Gasteiger partial charge in [-0.1, -0.05) is 12.1 Å². The van der Waals surface area contributed by atoms with Gasteiger partial charge >= 0.3 is 5.97 Å². The molecule has 0 aliphatic carbocycles. The lowest BCUT2D eigenvalue weighted by atomic mass is 9.98. The van der Waals surface area contributed by atoms with Gasteiger partial charge in [0.05, 0.1) is 13.2 Å². The topological polar surface area (TPSA) is 93.8 Å². The van der Waals surface area contributed by atoms with Crippen molar-refractivity contribution in [3.05, 3.63) is 76.6 Å². The lowest BCUT2D eigenvalue weighted by Gasteiger charge is -2.31. The molecule has 2 aliphatic heterocycles. The second-order valence-electron chi connectivity index (χ2n) is 8.49. The molecule has 2 aromatic heterocycles. The number of carbonyl (C=O) groups is 2. The van der Waals surface area contributed by atoms with Gasteiger partial charge < -0.3 is 24.1 Å². The molecular weight excluding hydrogens is 434 g/mol. The van der Waals surface area contributed by atoms with Crippen LogP contribution in [0.1, 0.15) is 30.5 Å². The second-order valence-corrected chi connectivity index (χ2v) is 8.49. The summed E-state index contributed by atoms with van der Waals surface area (Å²) in [5, 5.41) is 0.852. The van der Waals surface area contributed by atoms with E-state index >= 15 is 0 Å². The zero-order valence-corrected chi connectivity index (χ0v) is 19.3. The molecule has 8 nitrogen and oxygen atoms in total. The first-order valence-corrected chi connectivity index (χ1v) is 11.2. The van der Waals surface area contributed by atoms with Crippen LogP contribution in [0, 0.1) is 0 Å². The van der Waals surface area contributed by atoms with Gasteiger partial charge in [0.2, 0.25) is 11.7 Å². The molecule has 2 aliphatic rings. The summed E-state index contributed by atoms with van der Waals surface area (Å²) in [7, 11) is 1.65. The van der Waals surface area contributed by atoms with Crippen LogP contribution in [0.15, 0.2) is 59.9 Å². The second kappa shape index (κ2) is 8.70. The van der Waals surface area contributed by atoms with Crippen LogP contribution in [0.2, 0.25) is 0 Å². The van der Waals surface area contributed by atoms with Crippen molar-refractivity contribution >= 4 is 28.9 Å². The van der Waals surface area contributed by atoms with Crippen LogP contribution in [-0.4, -0.2) is 46.4 Å². The maximum absolute atomic E-state index is 13.4. The summed E-state index contributed by atoms with van der Waals surface area (Å²) in [6, 6.07) is 9.61. The van der Waals surface area contributed by atoms with Gasteiger partial charge in [0, 0.05) is 42.0 Å². The zero-order valence-electron chi connectivity index (χ0n) is 19.3. The SMILES string of the molecule is COc1cccc2c1CCN(C1=C(C(=O)OC(C)C)C(=O)C(=Cc3c[nH]c4ncccc34)O1)C2. The van der Waals surface area contributed by atoms with E-state index in [0.717, 1.165) is 27.8 Å². The number of pyridine rings is 1. The molecule has 34 heavy (non-hydrogen) atoms. The number of rotatable bonds is 5. The zero-order chi connectivity index (χ0) is 23.8. The summed E-state index contributed by atoms with van der Waals surface area (Å²) in [6.07, 6.45) is 5.41. The fraction of sp³-hybridized carbons (Fsp3) is 0.269. The van der Waals surface area contributed by atoms with E-state index in [9.17, 15) is 9.59 Å². The van der Waals surface area contributed by atoms with Crippen molar-refractivity contribution in [2.24, 2.45) is 0 Å². The van der Waals surface area contributed by atoms with Gasteiger partial charge in [-0.15, -0.1) is 0 Å². The van der Waals surface area contributed by atoms with Gasteiger partial charge in [0.15, 0.2) is 11.3 Å². The van der Waals surface area contributed by atoms with E-state index in [0.29, 0.717) is 25.2 Å². The van der Waals surface area contributed by atoms with Crippen molar-refractivity contribution < 1.29 is 23.8 Å². The molecule has 0 fully saturated rings. The van der Waals surface area contributed by atoms with Crippen molar-refractivity contribution in [2.45, 2.75) is 32.9 Å². The first-order valence-electron chi connectivity index (χ1n) is 11.2. The maximum atomic E-state index is 13.4. The first-order chi connectivity index (χ1) is 16.5. The summed E-state index contributed by atoms with van der Waals surface area (Å²) in [5.74, 6) is -0.0338. The van der Waals surface area contributed by atoms with Gasteiger partial charge in [0.1, 0.15) is 11.4 Å². The molecule has 0 spiro atoms. The number of methoxy groups -OCH3 is 1. The van der Waals surface area contributed by atoms with Crippen molar-refractivity contribution in [1.82, 2.24) is 14.9 Å². The van der Waals surface area contributed by atoms with Crippen LogP contribution in [-0.2, 0) is 32.0 Å². The van der Waals surface area contributed by atoms with Gasteiger partial charge in [-0.05, 0) is 50.1 Å². The Morgan fingerprint density at radius 1 is 1.26 bits per heavy atom. The number of Topliss-reactive ketones (excluding diaryl/α,β-unsaturated/α-hetero) is 1. The number of fused-ring (bicyclic) bond motifs is 2. The number of H-pyrrole nitrogens is 1. The molecule has 174 valence electrons. The van der Waals surface area contributed by atoms with E-state index in [4.69, 9.17) is 14.2 Å². The third kappa shape index (κ3) is 3.81. The Hall–Kier alpha value is -4.07. The summed E-state index contributed by atoms with van der Waals surface area (Å²) < 4.78 is 17.0. The summed E-state index contributed by atoms with van der Waals surface area (Å²) >= 11 is 0. The van der Waals surface area contributed by atoms with E-state index < -0.39 is 11.8 Å². The van der Waals surface area contributed by atoms with Crippen LogP contribution < -0.4 is 4.74 Å². The maximum Gasteiger partial charge on any atom is 0.348 e. The number of carbonyl (C=O) groups excluding carboxylic acids is 2. The van der Waals surface area contributed by atoms with Crippen molar-refractivity contribution in [3.63, 3.8) is 0 Å². The molecule has 0 saturated carbocycles. The third-order valence-electron chi connectivity index (χ3n) is 5.92. The van der Waals surface area contributed by atoms with Gasteiger partial charge in [-0.2, -0.15) is 0 Å². The molecule has 4 heterocycles. The molecular formula is C26H25N3O5. The molecule has 0 bridgehead atoms. The number of nitrogens with one attached hydrogen (secondary N) is 1. The summed E-state index contributed by atoms with van der Waals surface area (Å²) in [5.41, 5.74) is 3.56. The number of aromatic nitrogens is 2. The van der Waals surface area contributed by atoms with Crippen LogP contribution >= 0.6 is 0 Å². The number of esters is 1. The van der Waals surface area contributed by atoms with Gasteiger partial charge in [-0.3, -0.25) is 4.79 Å². The summed E-state index contributed by atoms with van der Waals surface area (Å²) in [6.45, 7) is 4.55. The molecule has 3 aromatic rings. The predicted octanol–water partition coefficient (Wildman–Crippen LogP) is 3.73. The molecule has 1 N–H and O–H groups in total. The number of ketones is 1. The van der Waals surface area contributed by atoms with E-state index in [1.54, 1.807) is 39.4 Å². The fourth-order valence-corrected chi connectivity index (χ4v) is 4.37. The van der Waals surface area contributed by atoms with Crippen LogP contribution in [0.3, 0.4) is 0 Å². The molecule has 0 unspecified atom stereocenters. The monoisotopic (exact) mass is 459 g/mol. The Labute approximate surface area is 196 Å². The largest absolute Gasteiger partial charge is 0.496 e. The van der Waals surface area contributed by atoms with Gasteiger partial charge in [-0.25, -0.2) is 9.78 Å². The Bertz CT molecular complexity index is 1350. The van der Waals surface area contributed by atoms with E-state index in [1.807, 2.05) is 35.2 Å². The molecule has 8 heteroatoms. The highest BCUT2D eigenvalue weighted by Gasteiger charge is 2.40. The highest BCUT2D eigenvalue weighted by atomic mass is 16.6. The highest BCUT2D eigenvalue weighted by Crippen LogP contribution is 2.35. The van der Waals surface area contributed by atoms with Crippen LogP contribution in [0.25, 0.3) is 17.1 Å². The smallest absolute Gasteiger partial charge is 0.348 e. The number of allylic oxidation sites excluding steroid dienone is 1. The van der Waals surface area contributed by atoms with E-state index in [-0.39, 0.29) is 23.3 Å². The van der Waals surface area contributed by atoms with E-state index in [2.05, 4.69) is 9.97 Å². The van der Waals surface area contributed by atoms with E-state index in [1.165, 1.54) is 0 Å². The minimum atomic E-state index is -0.685. The number of aromatic amines is 1. The first kappa shape index (κ1) is 21.8. The molecule has 1 aromatic carbocycles. The van der Waals surface area contributed by atoms with Crippen LogP contribution in [0.4, 0.5) is 0 Å². The lowest BCUT2D eigenvalue weighted by molar-refractivity contribution is -0.143. The van der Waals surface area contributed by atoms with Gasteiger partial charge in [0.25, 0.3) is 0 Å². The minimum Gasteiger partial charge on any atom is -0.496 e. The Kier molecular flexibility index (Phi) is 5.57. The Balaban J connectivity index is 1.52.